The summed E-state index contributed by atoms with van der Waals surface area (Å²) in [5.41, 5.74) is 7.00. The highest BCUT2D eigenvalue weighted by Crippen LogP contribution is 2.22. The topological polar surface area (TPSA) is 45.4 Å². The molecule has 0 aromatic carbocycles. The summed E-state index contributed by atoms with van der Waals surface area (Å²) < 4.78 is 0. The fourth-order valence-electron chi connectivity index (χ4n) is 2.55. The van der Waals surface area contributed by atoms with E-state index in [2.05, 4.69) is 34.0 Å². The Bertz CT molecular complexity index is 358. The SMILES string of the molecule is CCCC(CN)N1CCN(c2nc(C)cs2)CC1. The van der Waals surface area contributed by atoms with Crippen molar-refractivity contribution in [1.82, 2.24) is 9.88 Å². The van der Waals surface area contributed by atoms with Gasteiger partial charge in [-0.2, -0.15) is 0 Å². The van der Waals surface area contributed by atoms with Gasteiger partial charge in [-0.1, -0.05) is 13.3 Å². The van der Waals surface area contributed by atoms with Crippen LogP contribution < -0.4 is 10.6 Å². The first-order valence-corrected chi connectivity index (χ1v) is 7.73. The van der Waals surface area contributed by atoms with Crippen molar-refractivity contribution in [3.63, 3.8) is 0 Å². The van der Waals surface area contributed by atoms with E-state index >= 15 is 0 Å². The van der Waals surface area contributed by atoms with Crippen LogP contribution in [-0.2, 0) is 0 Å². The first kappa shape index (κ1) is 13.8. The molecule has 0 aliphatic carbocycles. The van der Waals surface area contributed by atoms with Crippen LogP contribution in [0.5, 0.6) is 0 Å². The molecule has 18 heavy (non-hydrogen) atoms. The first-order valence-electron chi connectivity index (χ1n) is 6.85. The molecule has 0 spiro atoms. The summed E-state index contributed by atoms with van der Waals surface area (Å²) in [7, 11) is 0. The number of anilines is 1. The molecule has 1 fully saturated rings. The molecule has 0 amide bonds. The molecular weight excluding hydrogens is 244 g/mol. The Morgan fingerprint density at radius 2 is 2.11 bits per heavy atom. The summed E-state index contributed by atoms with van der Waals surface area (Å²) in [6.45, 7) is 9.45. The predicted octanol–water partition coefficient (Wildman–Crippen LogP) is 1.70. The van der Waals surface area contributed by atoms with Gasteiger partial charge in [0.15, 0.2) is 5.13 Å². The maximum absolute atomic E-state index is 5.87. The van der Waals surface area contributed by atoms with E-state index in [0.717, 1.165) is 38.4 Å². The van der Waals surface area contributed by atoms with Gasteiger partial charge in [0, 0.05) is 44.1 Å². The molecule has 1 unspecified atom stereocenters. The summed E-state index contributed by atoms with van der Waals surface area (Å²) in [4.78, 5) is 9.50. The number of aryl methyl sites for hydroxylation is 1. The van der Waals surface area contributed by atoms with Gasteiger partial charge in [-0.05, 0) is 13.3 Å². The summed E-state index contributed by atoms with van der Waals surface area (Å²) >= 11 is 1.75. The first-order chi connectivity index (χ1) is 8.74. The third kappa shape index (κ3) is 3.22. The molecule has 1 aliphatic rings. The van der Waals surface area contributed by atoms with Crippen molar-refractivity contribution in [2.75, 3.05) is 37.6 Å². The molecule has 1 aliphatic heterocycles. The third-order valence-electron chi connectivity index (χ3n) is 3.60. The third-order valence-corrected chi connectivity index (χ3v) is 4.62. The average molecular weight is 268 g/mol. The van der Waals surface area contributed by atoms with Gasteiger partial charge < -0.3 is 10.6 Å². The molecule has 2 N–H and O–H groups in total. The van der Waals surface area contributed by atoms with Gasteiger partial charge >= 0.3 is 0 Å². The molecule has 1 atom stereocenters. The van der Waals surface area contributed by atoms with E-state index in [4.69, 9.17) is 5.73 Å². The van der Waals surface area contributed by atoms with Crippen molar-refractivity contribution in [2.45, 2.75) is 32.7 Å². The van der Waals surface area contributed by atoms with Gasteiger partial charge in [0.25, 0.3) is 0 Å². The molecule has 5 heteroatoms. The van der Waals surface area contributed by atoms with Gasteiger partial charge in [0.2, 0.25) is 0 Å². The molecular formula is C13H24N4S. The Kier molecular flexibility index (Phi) is 4.97. The van der Waals surface area contributed by atoms with Crippen LogP contribution in [0.2, 0.25) is 0 Å². The van der Waals surface area contributed by atoms with Crippen molar-refractivity contribution in [3.05, 3.63) is 11.1 Å². The van der Waals surface area contributed by atoms with Gasteiger partial charge in [-0.25, -0.2) is 4.98 Å². The lowest BCUT2D eigenvalue weighted by Crippen LogP contribution is -2.52. The number of hydrogen-bond donors (Lipinski definition) is 1. The maximum atomic E-state index is 5.87. The molecule has 2 heterocycles. The Labute approximate surface area is 114 Å². The summed E-state index contributed by atoms with van der Waals surface area (Å²) in [6.07, 6.45) is 2.43. The van der Waals surface area contributed by atoms with Crippen LogP contribution in [0.25, 0.3) is 0 Å². The maximum Gasteiger partial charge on any atom is 0.185 e. The quantitative estimate of drug-likeness (QED) is 0.883. The van der Waals surface area contributed by atoms with Gasteiger partial charge in [0.05, 0.1) is 5.69 Å². The average Bonchev–Trinajstić information content (AvgIpc) is 2.83. The highest BCUT2D eigenvalue weighted by atomic mass is 32.1. The molecule has 1 saturated heterocycles. The second kappa shape index (κ2) is 6.50. The molecule has 0 radical (unpaired) electrons. The highest BCUT2D eigenvalue weighted by molar-refractivity contribution is 7.13. The summed E-state index contributed by atoms with van der Waals surface area (Å²) in [5, 5.41) is 3.30. The Hall–Kier alpha value is -0.650. The standard InChI is InChI=1S/C13H24N4S/c1-3-4-12(9-14)16-5-7-17(8-6-16)13-15-11(2)10-18-13/h10,12H,3-9,14H2,1-2H3. The van der Waals surface area contributed by atoms with Crippen LogP contribution >= 0.6 is 11.3 Å². The lowest BCUT2D eigenvalue weighted by atomic mass is 10.1. The number of nitrogens with zero attached hydrogens (tertiary/aromatic N) is 3. The number of aromatic nitrogens is 1. The van der Waals surface area contributed by atoms with Crippen molar-refractivity contribution in [3.8, 4) is 0 Å². The molecule has 0 bridgehead atoms. The van der Waals surface area contributed by atoms with Gasteiger partial charge in [-0.3, -0.25) is 4.90 Å². The van der Waals surface area contributed by atoms with Crippen molar-refractivity contribution in [1.29, 1.82) is 0 Å². The lowest BCUT2D eigenvalue weighted by molar-refractivity contribution is 0.179. The van der Waals surface area contributed by atoms with Crippen LogP contribution in [0.1, 0.15) is 25.5 Å². The van der Waals surface area contributed by atoms with Crippen LogP contribution in [0.4, 0.5) is 5.13 Å². The Morgan fingerprint density at radius 1 is 1.39 bits per heavy atom. The van der Waals surface area contributed by atoms with Crippen molar-refractivity contribution < 1.29 is 0 Å². The van der Waals surface area contributed by atoms with Crippen LogP contribution in [-0.4, -0.2) is 48.6 Å². The Morgan fingerprint density at radius 3 is 2.61 bits per heavy atom. The van der Waals surface area contributed by atoms with E-state index in [9.17, 15) is 0 Å². The van der Waals surface area contributed by atoms with Crippen LogP contribution in [0, 0.1) is 6.92 Å². The molecule has 1 aromatic heterocycles. The van der Waals surface area contributed by atoms with E-state index in [0.29, 0.717) is 6.04 Å². The minimum absolute atomic E-state index is 0.565. The number of thiazole rings is 1. The number of rotatable bonds is 5. The molecule has 102 valence electrons. The second-order valence-corrected chi connectivity index (χ2v) is 5.81. The largest absolute Gasteiger partial charge is 0.346 e. The predicted molar refractivity (Wildman–Crippen MR) is 78.4 cm³/mol. The minimum atomic E-state index is 0.565. The highest BCUT2D eigenvalue weighted by Gasteiger charge is 2.23. The zero-order valence-electron chi connectivity index (χ0n) is 11.4. The van der Waals surface area contributed by atoms with Crippen LogP contribution in [0.3, 0.4) is 0 Å². The van der Waals surface area contributed by atoms with E-state index < -0.39 is 0 Å². The summed E-state index contributed by atoms with van der Waals surface area (Å²) in [5.74, 6) is 0. The monoisotopic (exact) mass is 268 g/mol. The zero-order chi connectivity index (χ0) is 13.0. The minimum Gasteiger partial charge on any atom is -0.346 e. The van der Waals surface area contributed by atoms with E-state index in [1.165, 1.54) is 18.0 Å². The number of hydrogen-bond acceptors (Lipinski definition) is 5. The fourth-order valence-corrected chi connectivity index (χ4v) is 3.40. The molecule has 0 saturated carbocycles. The lowest BCUT2D eigenvalue weighted by Gasteiger charge is -2.38. The summed E-state index contributed by atoms with van der Waals surface area (Å²) in [6, 6.07) is 0.565. The number of piperazine rings is 1. The van der Waals surface area contributed by atoms with E-state index in [-0.39, 0.29) is 0 Å². The smallest absolute Gasteiger partial charge is 0.185 e. The van der Waals surface area contributed by atoms with Gasteiger partial charge in [-0.15, -0.1) is 11.3 Å². The van der Waals surface area contributed by atoms with E-state index in [1.807, 2.05) is 0 Å². The molecule has 1 aromatic rings. The Balaban J connectivity index is 1.87. The van der Waals surface area contributed by atoms with Crippen molar-refractivity contribution in [2.24, 2.45) is 5.73 Å². The second-order valence-electron chi connectivity index (χ2n) is 4.97. The fraction of sp³-hybridized carbons (Fsp3) is 0.769. The van der Waals surface area contributed by atoms with E-state index in [1.54, 1.807) is 11.3 Å². The number of nitrogens with two attached hydrogens (primary N) is 1. The van der Waals surface area contributed by atoms with Crippen molar-refractivity contribution >= 4 is 16.5 Å². The normalized spacial score (nSPS) is 19.2. The zero-order valence-corrected chi connectivity index (χ0v) is 12.2. The van der Waals surface area contributed by atoms with Gasteiger partial charge in [0.1, 0.15) is 0 Å². The van der Waals surface area contributed by atoms with Crippen LogP contribution in [0.15, 0.2) is 5.38 Å². The molecule has 2 rings (SSSR count). The molecule has 4 nitrogen and oxygen atoms in total.